The molecule has 0 unspecified atom stereocenters. The first-order valence-electron chi connectivity index (χ1n) is 9.31. The second kappa shape index (κ2) is 6.96. The van der Waals surface area contributed by atoms with E-state index >= 15 is 0 Å². The normalized spacial score (nSPS) is 10.3. The molecule has 5 rings (SSSR count). The van der Waals surface area contributed by atoms with E-state index < -0.39 is 0 Å². The number of hydrogen-bond donors (Lipinski definition) is 0. The Morgan fingerprint density at radius 1 is 0.357 bits per heavy atom. The van der Waals surface area contributed by atoms with Gasteiger partial charge in [0.05, 0.1) is 0 Å². The second-order valence-electron chi connectivity index (χ2n) is 6.69. The van der Waals surface area contributed by atoms with Gasteiger partial charge in [-0.05, 0) is 47.5 Å². The Morgan fingerprint density at radius 2 is 0.786 bits per heavy atom. The van der Waals surface area contributed by atoms with Crippen molar-refractivity contribution >= 4 is 0 Å². The van der Waals surface area contributed by atoms with E-state index in [1.807, 2.05) is 60.7 Å². The van der Waals surface area contributed by atoms with Gasteiger partial charge in [0, 0.05) is 33.4 Å². The summed E-state index contributed by atoms with van der Waals surface area (Å²) in [6.07, 6.45) is 0. The van der Waals surface area contributed by atoms with Crippen molar-refractivity contribution in [2.75, 3.05) is 0 Å². The van der Waals surface area contributed by atoms with Crippen LogP contribution in [0.25, 0.3) is 22.3 Å². The van der Waals surface area contributed by atoms with Gasteiger partial charge in [0.1, 0.15) is 0 Å². The van der Waals surface area contributed by atoms with Crippen LogP contribution in [0.4, 0.5) is 0 Å². The van der Waals surface area contributed by atoms with Crippen LogP contribution in [0.2, 0.25) is 0 Å². The zero-order valence-electron chi connectivity index (χ0n) is 15.2. The molecule has 4 aromatic rings. The lowest BCUT2D eigenvalue weighted by Crippen LogP contribution is -2.03. The standard InChI is InChI=1S/C28H16/c1-3-9-21(10-4-1)17-19-23-13-7-15-25-27(23)26-16-8-14-24(28(25)26)20-18-22-11-5-2-6-12-22/h1-16H. The summed E-state index contributed by atoms with van der Waals surface area (Å²) in [4.78, 5) is 0. The molecule has 0 bridgehead atoms. The molecule has 0 aliphatic heterocycles. The summed E-state index contributed by atoms with van der Waals surface area (Å²) in [6, 6.07) is 32.9. The molecule has 0 heterocycles. The fourth-order valence-electron chi connectivity index (χ4n) is 3.57. The fraction of sp³-hybridized carbons (Fsp3) is 0. The van der Waals surface area contributed by atoms with E-state index in [2.05, 4.69) is 60.1 Å². The van der Waals surface area contributed by atoms with Crippen molar-refractivity contribution in [2.45, 2.75) is 0 Å². The molecule has 0 heteroatoms. The molecule has 4 aromatic carbocycles. The van der Waals surface area contributed by atoms with Gasteiger partial charge in [0.2, 0.25) is 0 Å². The van der Waals surface area contributed by atoms with E-state index in [1.165, 1.54) is 22.3 Å². The molecule has 0 saturated heterocycles. The minimum absolute atomic E-state index is 1.03. The molecule has 0 amide bonds. The van der Waals surface area contributed by atoms with Crippen LogP contribution < -0.4 is 0 Å². The van der Waals surface area contributed by atoms with Gasteiger partial charge in [0.25, 0.3) is 0 Å². The highest BCUT2D eigenvalue weighted by Crippen LogP contribution is 2.50. The molecule has 0 N–H and O–H groups in total. The number of benzene rings is 4. The first-order valence-corrected chi connectivity index (χ1v) is 9.31. The molecule has 1 aliphatic rings. The topological polar surface area (TPSA) is 0 Å². The molecule has 0 nitrogen and oxygen atoms in total. The van der Waals surface area contributed by atoms with Gasteiger partial charge < -0.3 is 0 Å². The van der Waals surface area contributed by atoms with E-state index in [0.29, 0.717) is 0 Å². The summed E-state index contributed by atoms with van der Waals surface area (Å²) in [5.74, 6) is 13.3. The first-order chi connectivity index (χ1) is 13.9. The van der Waals surface area contributed by atoms with Gasteiger partial charge in [-0.3, -0.25) is 0 Å². The third-order valence-corrected chi connectivity index (χ3v) is 4.90. The molecule has 0 radical (unpaired) electrons. The van der Waals surface area contributed by atoms with Crippen LogP contribution in [-0.4, -0.2) is 0 Å². The highest BCUT2D eigenvalue weighted by Gasteiger charge is 2.26. The van der Waals surface area contributed by atoms with Crippen LogP contribution in [0.15, 0.2) is 97.1 Å². The molecule has 0 atom stereocenters. The molecule has 0 saturated carbocycles. The van der Waals surface area contributed by atoms with E-state index in [4.69, 9.17) is 0 Å². The van der Waals surface area contributed by atoms with E-state index in [9.17, 15) is 0 Å². The lowest BCUT2D eigenvalue weighted by molar-refractivity contribution is 1.47. The van der Waals surface area contributed by atoms with Crippen LogP contribution >= 0.6 is 0 Å². The van der Waals surface area contributed by atoms with E-state index in [0.717, 1.165) is 22.3 Å². The molecular formula is C28H16. The lowest BCUT2D eigenvalue weighted by Gasteiger charge is -2.26. The summed E-state index contributed by atoms with van der Waals surface area (Å²) in [5, 5.41) is 0. The summed E-state index contributed by atoms with van der Waals surface area (Å²) >= 11 is 0. The quantitative estimate of drug-likeness (QED) is 0.294. The average molecular weight is 352 g/mol. The van der Waals surface area contributed by atoms with Gasteiger partial charge in [-0.2, -0.15) is 0 Å². The molecule has 128 valence electrons. The summed E-state index contributed by atoms with van der Waals surface area (Å²) in [5.41, 5.74) is 9.17. The molecule has 0 aromatic heterocycles. The van der Waals surface area contributed by atoms with E-state index in [1.54, 1.807) is 0 Å². The largest absolute Gasteiger partial charge is 0.0622 e. The predicted octanol–water partition coefficient (Wildman–Crippen LogP) is 6.13. The average Bonchev–Trinajstić information content (AvgIpc) is 2.75. The highest BCUT2D eigenvalue weighted by atomic mass is 14.3. The van der Waals surface area contributed by atoms with E-state index in [-0.39, 0.29) is 0 Å². The Morgan fingerprint density at radius 3 is 1.21 bits per heavy atom. The maximum Gasteiger partial charge on any atom is 0.0333 e. The van der Waals surface area contributed by atoms with Crippen molar-refractivity contribution in [2.24, 2.45) is 0 Å². The highest BCUT2D eigenvalue weighted by molar-refractivity contribution is 6.07. The smallest absolute Gasteiger partial charge is 0.0333 e. The second-order valence-corrected chi connectivity index (χ2v) is 6.69. The minimum atomic E-state index is 1.03. The predicted molar refractivity (Wildman–Crippen MR) is 116 cm³/mol. The Balaban J connectivity index is 1.54. The molecule has 28 heavy (non-hydrogen) atoms. The number of hydrogen-bond acceptors (Lipinski definition) is 0. The first kappa shape index (κ1) is 16.2. The van der Waals surface area contributed by atoms with Crippen molar-refractivity contribution in [3.63, 3.8) is 0 Å². The third kappa shape index (κ3) is 2.88. The van der Waals surface area contributed by atoms with Crippen LogP contribution in [0.1, 0.15) is 22.3 Å². The van der Waals surface area contributed by atoms with Gasteiger partial charge in [-0.25, -0.2) is 0 Å². The van der Waals surface area contributed by atoms with Crippen molar-refractivity contribution < 1.29 is 0 Å². The van der Waals surface area contributed by atoms with Gasteiger partial charge >= 0.3 is 0 Å². The molecule has 1 aliphatic carbocycles. The zero-order valence-corrected chi connectivity index (χ0v) is 15.2. The van der Waals surface area contributed by atoms with Crippen molar-refractivity contribution in [1.82, 2.24) is 0 Å². The maximum atomic E-state index is 3.35. The van der Waals surface area contributed by atoms with Crippen molar-refractivity contribution in [1.29, 1.82) is 0 Å². The van der Waals surface area contributed by atoms with Gasteiger partial charge in [-0.15, -0.1) is 0 Å². The number of rotatable bonds is 0. The van der Waals surface area contributed by atoms with Crippen molar-refractivity contribution in [3.8, 4) is 45.9 Å². The summed E-state index contributed by atoms with van der Waals surface area (Å²) < 4.78 is 0. The maximum absolute atomic E-state index is 3.35. The summed E-state index contributed by atoms with van der Waals surface area (Å²) in [7, 11) is 0. The zero-order chi connectivity index (χ0) is 18.8. The minimum Gasteiger partial charge on any atom is -0.0622 e. The Kier molecular flexibility index (Phi) is 4.02. The fourth-order valence-corrected chi connectivity index (χ4v) is 3.57. The molecule has 0 spiro atoms. The van der Waals surface area contributed by atoms with Crippen molar-refractivity contribution in [3.05, 3.63) is 119 Å². The monoisotopic (exact) mass is 352 g/mol. The van der Waals surface area contributed by atoms with Gasteiger partial charge in [0.15, 0.2) is 0 Å². The van der Waals surface area contributed by atoms with Gasteiger partial charge in [-0.1, -0.05) is 84.3 Å². The molecule has 0 fully saturated rings. The van der Waals surface area contributed by atoms with Crippen LogP contribution in [0.3, 0.4) is 0 Å². The molecular weight excluding hydrogens is 336 g/mol. The van der Waals surface area contributed by atoms with Crippen LogP contribution in [0.5, 0.6) is 0 Å². The third-order valence-electron chi connectivity index (χ3n) is 4.90. The van der Waals surface area contributed by atoms with Crippen LogP contribution in [0, 0.1) is 23.7 Å². The lowest BCUT2D eigenvalue weighted by atomic mass is 9.76. The summed E-state index contributed by atoms with van der Waals surface area (Å²) in [6.45, 7) is 0. The SMILES string of the molecule is C(#Cc1cccc2c1-c1cccc(C#Cc3ccccc3)c1-2)c1ccccc1. The van der Waals surface area contributed by atoms with Crippen LogP contribution in [-0.2, 0) is 0 Å². The Hall–Kier alpha value is -4.00. The number of fused-ring (bicyclic) bond motifs is 4. The Bertz CT molecular complexity index is 1170. The Labute approximate surface area is 165 Å².